The molecule has 0 N–H and O–H groups in total. The number of hydrogen-bond acceptors (Lipinski definition) is 3. The summed E-state index contributed by atoms with van der Waals surface area (Å²) in [4.78, 5) is 14.1. The topological polar surface area (TPSA) is 29.5 Å². The van der Waals surface area contributed by atoms with E-state index < -0.39 is 0 Å². The monoisotopic (exact) mass is 213 g/mol. The summed E-state index contributed by atoms with van der Waals surface area (Å²) in [6.45, 7) is 9.67. The Bertz CT molecular complexity index is 198. The van der Waals surface area contributed by atoms with Crippen LogP contribution in [0.2, 0.25) is 0 Å². The smallest absolute Gasteiger partial charge is 0.149 e. The molecule has 0 aromatic rings. The van der Waals surface area contributed by atoms with Gasteiger partial charge in [-0.15, -0.1) is 0 Å². The summed E-state index contributed by atoms with van der Waals surface area (Å²) in [5.74, 6) is 0.997. The van der Waals surface area contributed by atoms with Crippen molar-refractivity contribution in [3.63, 3.8) is 0 Å². The zero-order chi connectivity index (χ0) is 11.3. The molecule has 0 spiro atoms. The zero-order valence-corrected chi connectivity index (χ0v) is 10.2. The quantitative estimate of drug-likeness (QED) is 0.696. The Morgan fingerprint density at radius 2 is 1.87 bits per heavy atom. The van der Waals surface area contributed by atoms with Crippen LogP contribution in [0.15, 0.2) is 0 Å². The van der Waals surface area contributed by atoms with E-state index >= 15 is 0 Å². The minimum absolute atomic E-state index is 0.0765. The van der Waals surface area contributed by atoms with E-state index in [9.17, 15) is 4.79 Å². The van der Waals surface area contributed by atoms with Crippen LogP contribution >= 0.6 is 0 Å². The fraction of sp³-hybridized carbons (Fsp3) is 0.917. The van der Waals surface area contributed by atoms with E-state index in [1.165, 1.54) is 0 Å². The van der Waals surface area contributed by atoms with Gasteiger partial charge in [0.25, 0.3) is 0 Å². The molecular formula is C12H23NO2. The first kappa shape index (κ1) is 12.7. The highest BCUT2D eigenvalue weighted by Gasteiger charge is 2.22. The molecule has 1 aliphatic heterocycles. The number of nitrogens with zero attached hydrogens (tertiary/aromatic N) is 1. The Kier molecular flexibility index (Phi) is 5.26. The third kappa shape index (κ3) is 4.31. The molecule has 0 radical (unpaired) electrons. The first-order chi connectivity index (χ1) is 7.11. The first-order valence-corrected chi connectivity index (χ1v) is 5.95. The molecule has 1 rings (SSSR count). The second-order valence-corrected chi connectivity index (χ2v) is 4.72. The van der Waals surface area contributed by atoms with Crippen LogP contribution < -0.4 is 0 Å². The van der Waals surface area contributed by atoms with E-state index in [0.717, 1.165) is 39.1 Å². The van der Waals surface area contributed by atoms with Crippen LogP contribution in [0.4, 0.5) is 0 Å². The summed E-state index contributed by atoms with van der Waals surface area (Å²) in [5.41, 5.74) is 0. The van der Waals surface area contributed by atoms with Gasteiger partial charge in [-0.05, 0) is 19.3 Å². The van der Waals surface area contributed by atoms with Crippen LogP contribution in [0.1, 0.15) is 33.6 Å². The van der Waals surface area contributed by atoms with Gasteiger partial charge in [-0.1, -0.05) is 13.8 Å². The number of carbonyl (C=O) groups is 1. The molecular weight excluding hydrogens is 190 g/mol. The van der Waals surface area contributed by atoms with Gasteiger partial charge in [-0.25, -0.2) is 0 Å². The molecule has 3 nitrogen and oxygen atoms in total. The molecule has 1 atom stereocenters. The van der Waals surface area contributed by atoms with Crippen molar-refractivity contribution in [1.29, 1.82) is 0 Å². The largest absolute Gasteiger partial charge is 0.379 e. The van der Waals surface area contributed by atoms with Crippen molar-refractivity contribution in [2.45, 2.75) is 39.7 Å². The summed E-state index contributed by atoms with van der Waals surface area (Å²) >= 11 is 0. The molecule has 0 aromatic carbocycles. The lowest BCUT2D eigenvalue weighted by Gasteiger charge is -2.31. The minimum atomic E-state index is 0.0765. The number of hydrogen-bond donors (Lipinski definition) is 0. The summed E-state index contributed by atoms with van der Waals surface area (Å²) in [6, 6.07) is 0.0765. The lowest BCUT2D eigenvalue weighted by molar-refractivity contribution is -0.125. The van der Waals surface area contributed by atoms with Crippen LogP contribution in [-0.2, 0) is 9.53 Å². The molecule has 1 unspecified atom stereocenters. The van der Waals surface area contributed by atoms with Crippen LogP contribution in [0.5, 0.6) is 0 Å². The van der Waals surface area contributed by atoms with Gasteiger partial charge in [0, 0.05) is 19.5 Å². The molecule has 1 aliphatic rings. The second-order valence-electron chi connectivity index (χ2n) is 4.72. The third-order valence-corrected chi connectivity index (χ3v) is 3.03. The van der Waals surface area contributed by atoms with E-state index in [1.807, 2.05) is 6.92 Å². The molecule has 1 fully saturated rings. The maximum absolute atomic E-state index is 11.9. The van der Waals surface area contributed by atoms with Crippen molar-refractivity contribution in [2.24, 2.45) is 5.92 Å². The molecule has 15 heavy (non-hydrogen) atoms. The number of ether oxygens (including phenoxy) is 1. The Balaban J connectivity index is 2.30. The van der Waals surface area contributed by atoms with Gasteiger partial charge in [0.2, 0.25) is 0 Å². The van der Waals surface area contributed by atoms with Gasteiger partial charge in [0.15, 0.2) is 0 Å². The van der Waals surface area contributed by atoms with Crippen molar-refractivity contribution in [1.82, 2.24) is 4.90 Å². The van der Waals surface area contributed by atoms with Crippen molar-refractivity contribution >= 4 is 5.78 Å². The SMILES string of the molecule is CC(C)CCC(=O)C(C)N1CCOCC1. The first-order valence-electron chi connectivity index (χ1n) is 5.95. The number of morpholine rings is 1. The van der Waals surface area contributed by atoms with Crippen molar-refractivity contribution < 1.29 is 9.53 Å². The van der Waals surface area contributed by atoms with E-state index in [2.05, 4.69) is 18.7 Å². The molecule has 0 amide bonds. The average molecular weight is 213 g/mol. The third-order valence-electron chi connectivity index (χ3n) is 3.03. The van der Waals surface area contributed by atoms with E-state index in [1.54, 1.807) is 0 Å². The molecule has 1 heterocycles. The van der Waals surface area contributed by atoms with Crippen LogP contribution in [-0.4, -0.2) is 43.0 Å². The summed E-state index contributed by atoms with van der Waals surface area (Å²) in [6.07, 6.45) is 1.73. The fourth-order valence-electron chi connectivity index (χ4n) is 1.81. The second kappa shape index (κ2) is 6.23. The normalized spacial score (nSPS) is 20.5. The summed E-state index contributed by atoms with van der Waals surface area (Å²) < 4.78 is 5.27. The van der Waals surface area contributed by atoms with Gasteiger partial charge in [-0.2, -0.15) is 0 Å². The maximum Gasteiger partial charge on any atom is 0.149 e. The number of rotatable bonds is 5. The van der Waals surface area contributed by atoms with Crippen LogP contribution in [0.25, 0.3) is 0 Å². The van der Waals surface area contributed by atoms with E-state index in [4.69, 9.17) is 4.74 Å². The van der Waals surface area contributed by atoms with Crippen molar-refractivity contribution in [2.75, 3.05) is 26.3 Å². The lowest BCUT2D eigenvalue weighted by Crippen LogP contribution is -2.45. The Morgan fingerprint density at radius 3 is 2.40 bits per heavy atom. The minimum Gasteiger partial charge on any atom is -0.379 e. The highest BCUT2D eigenvalue weighted by molar-refractivity contribution is 5.83. The lowest BCUT2D eigenvalue weighted by atomic mass is 10.0. The maximum atomic E-state index is 11.9. The van der Waals surface area contributed by atoms with Crippen molar-refractivity contribution in [3.8, 4) is 0 Å². The molecule has 0 aliphatic carbocycles. The molecule has 0 aromatic heterocycles. The Hall–Kier alpha value is -0.410. The fourth-order valence-corrected chi connectivity index (χ4v) is 1.81. The average Bonchev–Trinajstić information content (AvgIpc) is 2.26. The Morgan fingerprint density at radius 1 is 1.27 bits per heavy atom. The summed E-state index contributed by atoms with van der Waals surface area (Å²) in [5, 5.41) is 0. The highest BCUT2D eigenvalue weighted by Crippen LogP contribution is 2.10. The zero-order valence-electron chi connectivity index (χ0n) is 10.2. The van der Waals surface area contributed by atoms with Gasteiger partial charge >= 0.3 is 0 Å². The Labute approximate surface area is 92.8 Å². The standard InChI is InChI=1S/C12H23NO2/c1-10(2)4-5-12(14)11(3)13-6-8-15-9-7-13/h10-11H,4-9H2,1-3H3. The molecule has 0 saturated carbocycles. The number of Topliss-reactive ketones (excluding diaryl/α,β-unsaturated/α-hetero) is 1. The molecule has 3 heteroatoms. The molecule has 0 bridgehead atoms. The molecule has 1 saturated heterocycles. The van der Waals surface area contributed by atoms with E-state index in [0.29, 0.717) is 11.7 Å². The van der Waals surface area contributed by atoms with Crippen LogP contribution in [0.3, 0.4) is 0 Å². The number of carbonyl (C=O) groups excluding carboxylic acids is 1. The molecule has 88 valence electrons. The summed E-state index contributed by atoms with van der Waals surface area (Å²) in [7, 11) is 0. The van der Waals surface area contributed by atoms with Gasteiger partial charge < -0.3 is 4.74 Å². The predicted octanol–water partition coefficient (Wildman–Crippen LogP) is 1.71. The van der Waals surface area contributed by atoms with E-state index in [-0.39, 0.29) is 6.04 Å². The van der Waals surface area contributed by atoms with Crippen molar-refractivity contribution in [3.05, 3.63) is 0 Å². The van der Waals surface area contributed by atoms with Gasteiger partial charge in [0.1, 0.15) is 5.78 Å². The number of ketones is 1. The highest BCUT2D eigenvalue weighted by atomic mass is 16.5. The van der Waals surface area contributed by atoms with Gasteiger partial charge in [-0.3, -0.25) is 9.69 Å². The van der Waals surface area contributed by atoms with Gasteiger partial charge in [0.05, 0.1) is 19.3 Å². The van der Waals surface area contributed by atoms with Crippen LogP contribution in [0, 0.1) is 5.92 Å². The predicted molar refractivity (Wildman–Crippen MR) is 60.9 cm³/mol.